The van der Waals surface area contributed by atoms with Gasteiger partial charge in [-0.1, -0.05) is 135 Å². The second-order valence-corrected chi connectivity index (χ2v) is 10.5. The third-order valence-corrected chi connectivity index (χ3v) is 6.53. The van der Waals surface area contributed by atoms with Gasteiger partial charge < -0.3 is 9.47 Å². The molecule has 0 atom stereocenters. The lowest BCUT2D eigenvalue weighted by Gasteiger charge is -2.03. The summed E-state index contributed by atoms with van der Waals surface area (Å²) in [7, 11) is 0. The first-order valence-electron chi connectivity index (χ1n) is 16.1. The van der Waals surface area contributed by atoms with E-state index in [0.717, 1.165) is 19.3 Å². The van der Waals surface area contributed by atoms with Crippen molar-refractivity contribution in [2.24, 2.45) is 0 Å². The van der Waals surface area contributed by atoms with Crippen molar-refractivity contribution < 1.29 is 19.1 Å². The Balaban J connectivity index is 0. The molecule has 0 bridgehead atoms. The summed E-state index contributed by atoms with van der Waals surface area (Å²) >= 11 is 0. The summed E-state index contributed by atoms with van der Waals surface area (Å²) in [5, 5.41) is 0. The van der Waals surface area contributed by atoms with E-state index in [9.17, 15) is 9.59 Å². The van der Waals surface area contributed by atoms with Crippen molar-refractivity contribution >= 4 is 11.9 Å². The van der Waals surface area contributed by atoms with E-state index in [2.05, 4.69) is 26.0 Å². The molecule has 0 aliphatic carbocycles. The molecular formula is C34H64O4. The molecule has 0 rings (SSSR count). The standard InChI is InChI=1S/2C17H32O2/c2*1-3-4-5-6-7-8-9-10-11-12-13-14-15-16-19-17(2)18/h15-16H,3-14H2,1-2H3;4-5H,3,6-16H2,1-2H3/b;5-4-. The monoisotopic (exact) mass is 536 g/mol. The van der Waals surface area contributed by atoms with Gasteiger partial charge in [0.15, 0.2) is 0 Å². The number of allylic oxidation sites excluding steroid dienone is 3. The highest BCUT2D eigenvalue weighted by Gasteiger charge is 1.95. The van der Waals surface area contributed by atoms with Crippen molar-refractivity contribution in [3.8, 4) is 0 Å². The van der Waals surface area contributed by atoms with Crippen molar-refractivity contribution in [1.29, 1.82) is 0 Å². The smallest absolute Gasteiger partial charge is 0.307 e. The van der Waals surface area contributed by atoms with Gasteiger partial charge in [0.05, 0.1) is 12.9 Å². The minimum Gasteiger partial charge on any atom is -0.466 e. The van der Waals surface area contributed by atoms with Gasteiger partial charge in [0.25, 0.3) is 0 Å². The Kier molecular flexibility index (Phi) is 35.9. The fourth-order valence-corrected chi connectivity index (χ4v) is 4.24. The molecule has 0 heterocycles. The van der Waals surface area contributed by atoms with Gasteiger partial charge in [-0.3, -0.25) is 9.59 Å². The van der Waals surface area contributed by atoms with Crippen molar-refractivity contribution in [3.63, 3.8) is 0 Å². The Morgan fingerprint density at radius 1 is 0.500 bits per heavy atom. The number of rotatable bonds is 26. The molecule has 4 heteroatoms. The molecule has 0 aliphatic heterocycles. The molecule has 4 nitrogen and oxygen atoms in total. The molecule has 0 spiro atoms. The molecule has 0 radical (unpaired) electrons. The summed E-state index contributed by atoms with van der Waals surface area (Å²) in [5.74, 6) is -0.399. The highest BCUT2D eigenvalue weighted by atomic mass is 16.5. The lowest BCUT2D eigenvalue weighted by atomic mass is 10.1. The zero-order chi connectivity index (χ0) is 28.4. The van der Waals surface area contributed by atoms with Crippen LogP contribution in [-0.2, 0) is 19.1 Å². The van der Waals surface area contributed by atoms with Crippen molar-refractivity contribution in [1.82, 2.24) is 0 Å². The molecule has 0 saturated carbocycles. The summed E-state index contributed by atoms with van der Waals surface area (Å²) in [5.41, 5.74) is 0. The predicted molar refractivity (Wildman–Crippen MR) is 164 cm³/mol. The molecule has 224 valence electrons. The van der Waals surface area contributed by atoms with E-state index in [1.807, 2.05) is 6.08 Å². The molecule has 0 aromatic rings. The first-order chi connectivity index (χ1) is 18.5. The summed E-state index contributed by atoms with van der Waals surface area (Å²) in [6.07, 6.45) is 38.1. The third kappa shape index (κ3) is 41.5. The molecule has 0 fully saturated rings. The summed E-state index contributed by atoms with van der Waals surface area (Å²) in [6, 6.07) is 0. The lowest BCUT2D eigenvalue weighted by Crippen LogP contribution is -2.00. The van der Waals surface area contributed by atoms with Crippen LogP contribution in [-0.4, -0.2) is 18.5 Å². The highest BCUT2D eigenvalue weighted by Crippen LogP contribution is 2.12. The van der Waals surface area contributed by atoms with Crippen LogP contribution in [0.3, 0.4) is 0 Å². The number of esters is 2. The first kappa shape index (κ1) is 38.6. The van der Waals surface area contributed by atoms with Gasteiger partial charge in [-0.15, -0.1) is 0 Å². The Labute approximate surface area is 237 Å². The summed E-state index contributed by atoms with van der Waals surface area (Å²) in [4.78, 5) is 21.0. The molecule has 0 aromatic carbocycles. The number of ether oxygens (including phenoxy) is 2. The highest BCUT2D eigenvalue weighted by molar-refractivity contribution is 5.66. The van der Waals surface area contributed by atoms with Gasteiger partial charge in [-0.25, -0.2) is 0 Å². The van der Waals surface area contributed by atoms with E-state index >= 15 is 0 Å². The fourth-order valence-electron chi connectivity index (χ4n) is 4.24. The largest absolute Gasteiger partial charge is 0.466 e. The number of hydrogen-bond acceptors (Lipinski definition) is 4. The third-order valence-electron chi connectivity index (χ3n) is 6.53. The van der Waals surface area contributed by atoms with Crippen LogP contribution < -0.4 is 0 Å². The second kappa shape index (κ2) is 35.4. The molecule has 0 N–H and O–H groups in total. The molecule has 0 aliphatic rings. The number of hydrogen-bond donors (Lipinski definition) is 0. The van der Waals surface area contributed by atoms with Gasteiger partial charge in [0.1, 0.15) is 0 Å². The minimum absolute atomic E-state index is 0.159. The van der Waals surface area contributed by atoms with E-state index in [1.165, 1.54) is 149 Å². The Hall–Kier alpha value is -1.58. The minimum atomic E-state index is -0.241. The Bertz CT molecular complexity index is 539. The van der Waals surface area contributed by atoms with E-state index in [0.29, 0.717) is 6.61 Å². The van der Waals surface area contributed by atoms with Gasteiger partial charge in [-0.05, 0) is 44.6 Å². The van der Waals surface area contributed by atoms with Gasteiger partial charge in [0.2, 0.25) is 0 Å². The van der Waals surface area contributed by atoms with Crippen LogP contribution in [0.5, 0.6) is 0 Å². The molecular weight excluding hydrogens is 472 g/mol. The van der Waals surface area contributed by atoms with E-state index in [1.54, 1.807) is 0 Å². The van der Waals surface area contributed by atoms with Crippen LogP contribution in [0.15, 0.2) is 24.5 Å². The summed E-state index contributed by atoms with van der Waals surface area (Å²) < 4.78 is 9.62. The van der Waals surface area contributed by atoms with Crippen molar-refractivity contribution in [2.45, 2.75) is 175 Å². The zero-order valence-corrected chi connectivity index (χ0v) is 25.9. The van der Waals surface area contributed by atoms with E-state index in [4.69, 9.17) is 9.47 Å². The van der Waals surface area contributed by atoms with E-state index < -0.39 is 0 Å². The average molecular weight is 537 g/mol. The SMILES string of the molecule is CC/C=C\CCCCCCCCCCCOC(C)=O.CCCCCCCCCCCCCC=COC(C)=O. The zero-order valence-electron chi connectivity index (χ0n) is 25.9. The van der Waals surface area contributed by atoms with Crippen LogP contribution in [0, 0.1) is 0 Å². The Morgan fingerprint density at radius 2 is 0.921 bits per heavy atom. The first-order valence-corrected chi connectivity index (χ1v) is 16.1. The maximum atomic E-state index is 10.5. The number of unbranched alkanes of at least 4 members (excludes halogenated alkanes) is 20. The average Bonchev–Trinajstić information content (AvgIpc) is 2.89. The van der Waals surface area contributed by atoms with Crippen molar-refractivity contribution in [3.05, 3.63) is 24.5 Å². The number of carbonyl (C=O) groups excluding carboxylic acids is 2. The van der Waals surface area contributed by atoms with Gasteiger partial charge in [0, 0.05) is 13.8 Å². The van der Waals surface area contributed by atoms with E-state index in [-0.39, 0.29) is 11.9 Å². The normalized spacial score (nSPS) is 11.1. The van der Waals surface area contributed by atoms with Crippen LogP contribution in [0.25, 0.3) is 0 Å². The molecule has 0 unspecified atom stereocenters. The van der Waals surface area contributed by atoms with Gasteiger partial charge in [-0.2, -0.15) is 0 Å². The maximum Gasteiger partial charge on any atom is 0.307 e. The second-order valence-electron chi connectivity index (χ2n) is 10.5. The predicted octanol–water partition coefficient (Wildman–Crippen LogP) is 11.2. The van der Waals surface area contributed by atoms with Crippen LogP contribution >= 0.6 is 0 Å². The lowest BCUT2D eigenvalue weighted by molar-refractivity contribution is -0.141. The van der Waals surface area contributed by atoms with Crippen molar-refractivity contribution in [2.75, 3.05) is 6.61 Å². The topological polar surface area (TPSA) is 52.6 Å². The summed E-state index contributed by atoms with van der Waals surface area (Å²) in [6.45, 7) is 7.94. The number of carbonyl (C=O) groups is 2. The fraction of sp³-hybridized carbons (Fsp3) is 0.824. The molecule has 0 saturated heterocycles. The molecule has 0 amide bonds. The molecule has 0 aromatic heterocycles. The Morgan fingerprint density at radius 3 is 1.34 bits per heavy atom. The van der Waals surface area contributed by atoms with Crippen LogP contribution in [0.4, 0.5) is 0 Å². The van der Waals surface area contributed by atoms with Crippen LogP contribution in [0.2, 0.25) is 0 Å². The maximum absolute atomic E-state index is 10.5. The molecule has 38 heavy (non-hydrogen) atoms. The quantitative estimate of drug-likeness (QED) is 0.0477. The van der Waals surface area contributed by atoms with Gasteiger partial charge >= 0.3 is 11.9 Å². The van der Waals surface area contributed by atoms with Crippen LogP contribution in [0.1, 0.15) is 175 Å².